The van der Waals surface area contributed by atoms with E-state index >= 15 is 0 Å². The summed E-state index contributed by atoms with van der Waals surface area (Å²) in [4.78, 5) is 34.8. The van der Waals surface area contributed by atoms with Crippen LogP contribution in [0.2, 0.25) is 0 Å². The highest BCUT2D eigenvalue weighted by Crippen LogP contribution is 2.31. The Morgan fingerprint density at radius 1 is 1.00 bits per heavy atom. The fourth-order valence-corrected chi connectivity index (χ4v) is 3.95. The van der Waals surface area contributed by atoms with Crippen LogP contribution in [-0.2, 0) is 6.54 Å². The number of ether oxygens (including phenoxy) is 2. The van der Waals surface area contributed by atoms with E-state index < -0.39 is 17.2 Å². The monoisotopic (exact) mass is 510 g/mol. The third kappa shape index (κ3) is 5.08. The SMILES string of the molecule is CCn1cc(C(=O)Nc2ccc(Oc3ccnc4ccc(OC)cc34)cn2)c(=O)c(-c2ccc(F)cc2)c1. The maximum atomic E-state index is 13.4. The van der Waals surface area contributed by atoms with Crippen LogP contribution in [-0.4, -0.2) is 27.6 Å². The zero-order valence-electron chi connectivity index (χ0n) is 20.6. The number of nitrogens with zero attached hydrogens (tertiary/aromatic N) is 3. The molecule has 0 fully saturated rings. The van der Waals surface area contributed by atoms with E-state index in [2.05, 4.69) is 15.3 Å². The molecule has 0 aliphatic heterocycles. The Hall–Kier alpha value is -5.05. The lowest BCUT2D eigenvalue weighted by Crippen LogP contribution is -2.24. The molecule has 0 saturated carbocycles. The number of amides is 1. The van der Waals surface area contributed by atoms with Gasteiger partial charge >= 0.3 is 0 Å². The van der Waals surface area contributed by atoms with Crippen molar-refractivity contribution in [3.63, 3.8) is 0 Å². The molecule has 1 amide bonds. The molecule has 38 heavy (non-hydrogen) atoms. The molecule has 5 rings (SSSR count). The zero-order valence-corrected chi connectivity index (χ0v) is 20.6. The topological polar surface area (TPSA) is 95.3 Å². The Balaban J connectivity index is 1.37. The second kappa shape index (κ2) is 10.5. The number of carbonyl (C=O) groups is 1. The Bertz CT molecular complexity index is 1680. The lowest BCUT2D eigenvalue weighted by atomic mass is 10.0. The summed E-state index contributed by atoms with van der Waals surface area (Å²) in [6.45, 7) is 2.43. The summed E-state index contributed by atoms with van der Waals surface area (Å²) in [5.41, 5.74) is 1.07. The summed E-state index contributed by atoms with van der Waals surface area (Å²) in [5, 5.41) is 3.44. The Kier molecular flexibility index (Phi) is 6.82. The fourth-order valence-electron chi connectivity index (χ4n) is 3.95. The predicted molar refractivity (Wildman–Crippen MR) is 142 cm³/mol. The predicted octanol–water partition coefficient (Wildman–Crippen LogP) is 5.67. The van der Waals surface area contributed by atoms with E-state index in [4.69, 9.17) is 9.47 Å². The first-order chi connectivity index (χ1) is 18.4. The molecule has 9 heteroatoms. The molecule has 3 aromatic heterocycles. The van der Waals surface area contributed by atoms with Gasteiger partial charge in [0.2, 0.25) is 5.43 Å². The smallest absolute Gasteiger partial charge is 0.262 e. The van der Waals surface area contributed by atoms with Gasteiger partial charge < -0.3 is 19.4 Å². The van der Waals surface area contributed by atoms with E-state index in [1.807, 2.05) is 25.1 Å². The van der Waals surface area contributed by atoms with Crippen molar-refractivity contribution in [1.29, 1.82) is 0 Å². The van der Waals surface area contributed by atoms with Crippen LogP contribution in [0, 0.1) is 5.82 Å². The largest absolute Gasteiger partial charge is 0.497 e. The van der Waals surface area contributed by atoms with Crippen molar-refractivity contribution in [3.8, 4) is 28.4 Å². The average molecular weight is 511 g/mol. The van der Waals surface area contributed by atoms with Crippen LogP contribution < -0.4 is 20.2 Å². The Morgan fingerprint density at radius 3 is 2.50 bits per heavy atom. The minimum atomic E-state index is -0.602. The third-order valence-corrected chi connectivity index (χ3v) is 5.96. The number of hydrogen-bond donors (Lipinski definition) is 1. The fraction of sp³-hybridized carbons (Fsp3) is 0.103. The van der Waals surface area contributed by atoms with Crippen molar-refractivity contribution in [2.24, 2.45) is 0 Å². The molecular formula is C29H23FN4O4. The second-order valence-corrected chi connectivity index (χ2v) is 8.38. The van der Waals surface area contributed by atoms with Gasteiger partial charge in [-0.05, 0) is 61.0 Å². The summed E-state index contributed by atoms with van der Waals surface area (Å²) >= 11 is 0. The van der Waals surface area contributed by atoms with Gasteiger partial charge in [-0.1, -0.05) is 12.1 Å². The molecule has 0 saturated heterocycles. The average Bonchev–Trinajstić information content (AvgIpc) is 2.94. The number of carbonyl (C=O) groups excluding carboxylic acids is 1. The van der Waals surface area contributed by atoms with Gasteiger partial charge in [-0.25, -0.2) is 9.37 Å². The van der Waals surface area contributed by atoms with Crippen LogP contribution >= 0.6 is 0 Å². The van der Waals surface area contributed by atoms with Crippen molar-refractivity contribution in [3.05, 3.63) is 107 Å². The maximum Gasteiger partial charge on any atom is 0.262 e. The van der Waals surface area contributed by atoms with Crippen molar-refractivity contribution in [2.75, 3.05) is 12.4 Å². The van der Waals surface area contributed by atoms with Crippen molar-refractivity contribution < 1.29 is 18.7 Å². The normalized spacial score (nSPS) is 10.8. The van der Waals surface area contributed by atoms with Gasteiger partial charge in [-0.2, -0.15) is 0 Å². The van der Waals surface area contributed by atoms with Crippen LogP contribution in [0.1, 0.15) is 17.3 Å². The van der Waals surface area contributed by atoms with Crippen molar-refractivity contribution in [2.45, 2.75) is 13.5 Å². The number of rotatable bonds is 7. The van der Waals surface area contributed by atoms with Crippen LogP contribution in [0.3, 0.4) is 0 Å². The van der Waals surface area contributed by atoms with Gasteiger partial charge in [0.25, 0.3) is 5.91 Å². The van der Waals surface area contributed by atoms with E-state index in [9.17, 15) is 14.0 Å². The number of hydrogen-bond acceptors (Lipinski definition) is 6. The molecule has 8 nitrogen and oxygen atoms in total. The van der Waals surface area contributed by atoms with E-state index in [-0.39, 0.29) is 11.4 Å². The van der Waals surface area contributed by atoms with E-state index in [0.717, 1.165) is 10.9 Å². The van der Waals surface area contributed by atoms with Crippen LogP contribution in [0.25, 0.3) is 22.0 Å². The quantitative estimate of drug-likeness (QED) is 0.303. The number of halogens is 1. The van der Waals surface area contributed by atoms with Gasteiger partial charge in [-0.15, -0.1) is 0 Å². The molecule has 3 heterocycles. The highest BCUT2D eigenvalue weighted by molar-refractivity contribution is 6.04. The van der Waals surface area contributed by atoms with E-state index in [1.165, 1.54) is 36.7 Å². The van der Waals surface area contributed by atoms with Crippen LogP contribution in [0.15, 0.2) is 90.2 Å². The van der Waals surface area contributed by atoms with Gasteiger partial charge in [0.1, 0.15) is 34.4 Å². The molecule has 0 radical (unpaired) electrons. The Morgan fingerprint density at radius 2 is 1.79 bits per heavy atom. The molecular weight excluding hydrogens is 487 g/mol. The lowest BCUT2D eigenvalue weighted by Gasteiger charge is -2.12. The minimum Gasteiger partial charge on any atom is -0.497 e. The third-order valence-electron chi connectivity index (χ3n) is 5.96. The van der Waals surface area contributed by atoms with E-state index in [1.54, 1.807) is 42.3 Å². The van der Waals surface area contributed by atoms with Crippen molar-refractivity contribution >= 4 is 22.6 Å². The highest BCUT2D eigenvalue weighted by atomic mass is 19.1. The van der Waals surface area contributed by atoms with Gasteiger partial charge in [-0.3, -0.25) is 14.6 Å². The molecule has 0 atom stereocenters. The summed E-state index contributed by atoms with van der Waals surface area (Å²) in [6, 6.07) is 16.1. The standard InChI is InChI=1S/C29H23FN4O4/c1-3-34-16-23(18-4-6-19(30)7-5-18)28(35)24(17-34)29(36)33-27-11-9-21(15-32-27)38-26-12-13-31-25-10-8-20(37-2)14-22(25)26/h4-17H,3H2,1-2H3,(H,32,33,36). The lowest BCUT2D eigenvalue weighted by molar-refractivity contribution is 0.102. The van der Waals surface area contributed by atoms with E-state index in [0.29, 0.717) is 34.9 Å². The first-order valence-electron chi connectivity index (χ1n) is 11.8. The number of anilines is 1. The molecule has 0 aliphatic carbocycles. The van der Waals surface area contributed by atoms with Gasteiger partial charge in [0, 0.05) is 36.1 Å². The maximum absolute atomic E-state index is 13.4. The zero-order chi connectivity index (χ0) is 26.6. The number of benzene rings is 2. The summed E-state index contributed by atoms with van der Waals surface area (Å²) < 4.78 is 26.4. The number of fused-ring (bicyclic) bond motifs is 1. The number of aromatic nitrogens is 3. The molecule has 0 unspecified atom stereocenters. The van der Waals surface area contributed by atoms with Crippen molar-refractivity contribution in [1.82, 2.24) is 14.5 Å². The first kappa shape index (κ1) is 24.6. The second-order valence-electron chi connectivity index (χ2n) is 8.38. The molecule has 2 aromatic carbocycles. The first-order valence-corrected chi connectivity index (χ1v) is 11.8. The highest BCUT2D eigenvalue weighted by Gasteiger charge is 2.17. The molecule has 1 N–H and O–H groups in total. The summed E-state index contributed by atoms with van der Waals surface area (Å²) in [5.74, 6) is 0.939. The van der Waals surface area contributed by atoms with Crippen LogP contribution in [0.5, 0.6) is 17.2 Å². The molecule has 5 aromatic rings. The number of methoxy groups -OCH3 is 1. The minimum absolute atomic E-state index is 0.0481. The molecule has 0 spiro atoms. The number of nitrogens with one attached hydrogen (secondary N) is 1. The molecule has 0 bridgehead atoms. The summed E-state index contributed by atoms with van der Waals surface area (Å²) in [6.07, 6.45) is 6.26. The van der Waals surface area contributed by atoms with Crippen LogP contribution in [0.4, 0.5) is 10.2 Å². The number of aryl methyl sites for hydroxylation is 1. The Labute approximate surface area is 217 Å². The van der Waals surface area contributed by atoms with Gasteiger partial charge in [0.05, 0.1) is 18.8 Å². The number of pyridine rings is 3. The van der Waals surface area contributed by atoms with Gasteiger partial charge in [0.15, 0.2) is 0 Å². The molecule has 0 aliphatic rings. The molecule has 190 valence electrons. The summed E-state index contributed by atoms with van der Waals surface area (Å²) in [7, 11) is 1.59.